The SMILES string of the molecule is COC(=O)NC(C(=O)N1CC=C[C@H]1c1nc(-c2ccc(-c3ccc(-c4cnc([C@@H]5CC6(CN5C(=O)[C@@H](NC(=O)OC)C(C)C)OCCO6)[nH]4)cc3)cc2)c[nH]1)C(C)C. The quantitative estimate of drug-likeness (QED) is 0.144. The minimum Gasteiger partial charge on any atom is -0.453 e. The Labute approximate surface area is 336 Å². The first-order chi connectivity index (χ1) is 27.9. The largest absolute Gasteiger partial charge is 0.453 e. The number of methoxy groups -OCH3 is 2. The Bertz CT molecular complexity index is 2140. The van der Waals surface area contributed by atoms with Gasteiger partial charge in [-0.05, 0) is 28.5 Å². The van der Waals surface area contributed by atoms with Gasteiger partial charge >= 0.3 is 12.2 Å². The number of carbonyl (C=O) groups is 4. The van der Waals surface area contributed by atoms with Gasteiger partial charge in [-0.15, -0.1) is 0 Å². The molecule has 4 N–H and O–H groups in total. The lowest BCUT2D eigenvalue weighted by molar-refractivity contribution is -0.153. The fraction of sp³-hybridized carbons (Fsp3) is 0.429. The van der Waals surface area contributed by atoms with Crippen LogP contribution >= 0.6 is 0 Å². The first-order valence-corrected chi connectivity index (χ1v) is 19.5. The molecule has 4 atom stereocenters. The van der Waals surface area contributed by atoms with Gasteiger partial charge in [0.15, 0.2) is 5.79 Å². The number of amides is 4. The molecular formula is C42H50N8O8. The predicted octanol–water partition coefficient (Wildman–Crippen LogP) is 5.35. The summed E-state index contributed by atoms with van der Waals surface area (Å²) in [7, 11) is 2.54. The molecule has 0 bridgehead atoms. The number of aromatic amines is 2. The Morgan fingerprint density at radius 1 is 0.793 bits per heavy atom. The van der Waals surface area contributed by atoms with Crippen LogP contribution in [0.15, 0.2) is 73.1 Å². The lowest BCUT2D eigenvalue weighted by Gasteiger charge is -2.30. The number of aromatic nitrogens is 4. The molecule has 306 valence electrons. The van der Waals surface area contributed by atoms with E-state index in [9.17, 15) is 19.2 Å². The zero-order chi connectivity index (χ0) is 41.1. The molecule has 4 amide bonds. The van der Waals surface area contributed by atoms with Crippen molar-refractivity contribution >= 4 is 24.0 Å². The summed E-state index contributed by atoms with van der Waals surface area (Å²) in [5, 5.41) is 5.35. The van der Waals surface area contributed by atoms with Crippen molar-refractivity contribution in [2.45, 2.75) is 64.1 Å². The molecule has 3 aliphatic rings. The number of benzene rings is 2. The zero-order valence-corrected chi connectivity index (χ0v) is 33.5. The molecule has 1 unspecified atom stereocenters. The third-order valence-electron chi connectivity index (χ3n) is 10.9. The highest BCUT2D eigenvalue weighted by molar-refractivity contribution is 5.87. The number of carbonyl (C=O) groups excluding carboxylic acids is 4. The van der Waals surface area contributed by atoms with Crippen molar-refractivity contribution in [3.05, 3.63) is 84.7 Å². The van der Waals surface area contributed by atoms with E-state index in [0.717, 1.165) is 33.6 Å². The zero-order valence-electron chi connectivity index (χ0n) is 33.5. The molecule has 58 heavy (non-hydrogen) atoms. The number of hydrogen-bond donors (Lipinski definition) is 4. The minimum atomic E-state index is -0.936. The highest BCUT2D eigenvalue weighted by Gasteiger charge is 2.52. The number of nitrogens with one attached hydrogen (secondary N) is 4. The Kier molecular flexibility index (Phi) is 11.7. The van der Waals surface area contributed by atoms with E-state index >= 15 is 0 Å². The van der Waals surface area contributed by atoms with Crippen LogP contribution in [0.5, 0.6) is 0 Å². The number of hydrogen-bond acceptors (Lipinski definition) is 10. The molecule has 16 nitrogen and oxygen atoms in total. The van der Waals surface area contributed by atoms with Crippen LogP contribution < -0.4 is 10.6 Å². The van der Waals surface area contributed by atoms with Crippen molar-refractivity contribution in [3.63, 3.8) is 0 Å². The molecular weight excluding hydrogens is 745 g/mol. The van der Waals surface area contributed by atoms with Gasteiger partial charge in [-0.3, -0.25) is 9.59 Å². The van der Waals surface area contributed by atoms with Crippen LogP contribution in [-0.2, 0) is 28.5 Å². The van der Waals surface area contributed by atoms with E-state index in [1.54, 1.807) is 16.0 Å². The number of imidazole rings is 2. The summed E-state index contributed by atoms with van der Waals surface area (Å²) in [6.07, 6.45) is 6.51. The number of alkyl carbamates (subject to hydrolysis) is 2. The normalized spacial score (nSPS) is 19.5. The van der Waals surface area contributed by atoms with Crippen LogP contribution in [0, 0.1) is 11.8 Å². The monoisotopic (exact) mass is 794 g/mol. The smallest absolute Gasteiger partial charge is 0.407 e. The second-order valence-corrected chi connectivity index (χ2v) is 15.4. The average molecular weight is 795 g/mol. The van der Waals surface area contributed by atoms with Crippen molar-refractivity contribution in [2.75, 3.05) is 40.5 Å². The van der Waals surface area contributed by atoms with Crippen LogP contribution in [0.25, 0.3) is 33.6 Å². The van der Waals surface area contributed by atoms with Gasteiger partial charge in [0.25, 0.3) is 0 Å². The number of likely N-dealkylation sites (tertiary alicyclic amines) is 1. The fourth-order valence-electron chi connectivity index (χ4n) is 7.73. The van der Waals surface area contributed by atoms with E-state index in [2.05, 4.69) is 20.6 Å². The number of H-pyrrole nitrogens is 2. The maximum absolute atomic E-state index is 13.9. The van der Waals surface area contributed by atoms with Gasteiger partial charge in [0, 0.05) is 24.7 Å². The van der Waals surface area contributed by atoms with Gasteiger partial charge in [-0.1, -0.05) is 88.4 Å². The summed E-state index contributed by atoms with van der Waals surface area (Å²) in [5.41, 5.74) is 5.40. The molecule has 16 heteroatoms. The molecule has 0 radical (unpaired) electrons. The van der Waals surface area contributed by atoms with Crippen LogP contribution in [0.3, 0.4) is 0 Å². The lowest BCUT2D eigenvalue weighted by Crippen LogP contribution is -2.52. The summed E-state index contributed by atoms with van der Waals surface area (Å²) in [6.45, 7) is 8.97. The van der Waals surface area contributed by atoms with E-state index in [1.165, 1.54) is 14.2 Å². The summed E-state index contributed by atoms with van der Waals surface area (Å²) in [5.74, 6) is -0.522. The Balaban J connectivity index is 1.03. The first-order valence-electron chi connectivity index (χ1n) is 19.5. The van der Waals surface area contributed by atoms with Gasteiger partial charge in [-0.2, -0.15) is 0 Å². The summed E-state index contributed by atoms with van der Waals surface area (Å²) in [6, 6.07) is 13.8. The van der Waals surface area contributed by atoms with Crippen molar-refractivity contribution in [3.8, 4) is 33.6 Å². The van der Waals surface area contributed by atoms with E-state index in [1.807, 2.05) is 94.6 Å². The second-order valence-electron chi connectivity index (χ2n) is 15.4. The predicted molar refractivity (Wildman–Crippen MR) is 213 cm³/mol. The van der Waals surface area contributed by atoms with Gasteiger partial charge in [0.2, 0.25) is 11.8 Å². The Hall–Kier alpha value is -6.00. The summed E-state index contributed by atoms with van der Waals surface area (Å²) >= 11 is 0. The van der Waals surface area contributed by atoms with Crippen molar-refractivity contribution < 1.29 is 38.1 Å². The van der Waals surface area contributed by atoms with E-state index < -0.39 is 42.1 Å². The lowest BCUT2D eigenvalue weighted by atomic mass is 10.0. The first kappa shape index (κ1) is 40.2. The average Bonchev–Trinajstić information content (AvgIpc) is 4.09. The molecule has 4 aromatic rings. The Morgan fingerprint density at radius 3 is 1.91 bits per heavy atom. The minimum absolute atomic E-state index is 0.140. The number of ether oxygens (including phenoxy) is 4. The topological polar surface area (TPSA) is 193 Å². The van der Waals surface area contributed by atoms with Gasteiger partial charge in [-0.25, -0.2) is 19.6 Å². The number of nitrogens with zero attached hydrogens (tertiary/aromatic N) is 4. The molecule has 1 spiro atoms. The third-order valence-corrected chi connectivity index (χ3v) is 10.9. The van der Waals surface area contributed by atoms with E-state index in [-0.39, 0.29) is 30.2 Å². The third kappa shape index (κ3) is 8.20. The Morgan fingerprint density at radius 2 is 1.34 bits per heavy atom. The molecule has 2 aromatic heterocycles. The highest BCUT2D eigenvalue weighted by Crippen LogP contribution is 2.43. The molecule has 2 saturated heterocycles. The van der Waals surface area contributed by atoms with Crippen molar-refractivity contribution in [1.82, 2.24) is 40.4 Å². The van der Waals surface area contributed by atoms with E-state index in [0.29, 0.717) is 37.8 Å². The molecule has 2 aromatic carbocycles. The highest BCUT2D eigenvalue weighted by atomic mass is 16.7. The van der Waals surface area contributed by atoms with Crippen LogP contribution in [-0.4, -0.2) is 112 Å². The van der Waals surface area contributed by atoms with Crippen molar-refractivity contribution in [1.29, 1.82) is 0 Å². The molecule has 3 aliphatic heterocycles. The molecule has 7 rings (SSSR count). The second kappa shape index (κ2) is 16.8. The standard InChI is InChI=1S/C42H50N8O8/c1-24(2)34(47-40(53)55-5)38(51)49-17-7-8-32(49)36-43-21-30(45-36)28-13-9-26(10-14-28)27-11-15-29(16-12-27)31-22-44-37(46-31)33-20-42(57-18-19-58-42)23-50(33)39(52)35(25(3)4)48-41(54)56-6/h7-16,21-22,24-25,32-35H,17-20,23H2,1-6H3,(H,43,45)(H,44,46)(H,47,53)(H,48,54)/t32-,33-,34?,35-/m0/s1. The van der Waals surface area contributed by atoms with Gasteiger partial charge in [0.1, 0.15) is 29.8 Å². The molecule has 5 heterocycles. The van der Waals surface area contributed by atoms with Gasteiger partial charge in [0.05, 0.1) is 57.6 Å². The summed E-state index contributed by atoms with van der Waals surface area (Å²) < 4.78 is 21.6. The van der Waals surface area contributed by atoms with Gasteiger partial charge < -0.3 is 49.3 Å². The van der Waals surface area contributed by atoms with Crippen LogP contribution in [0.4, 0.5) is 9.59 Å². The molecule has 0 aliphatic carbocycles. The van der Waals surface area contributed by atoms with Crippen molar-refractivity contribution in [2.24, 2.45) is 11.8 Å². The van der Waals surface area contributed by atoms with Crippen LogP contribution in [0.2, 0.25) is 0 Å². The maximum atomic E-state index is 13.9. The molecule has 0 saturated carbocycles. The summed E-state index contributed by atoms with van der Waals surface area (Å²) in [4.78, 5) is 71.1. The van der Waals surface area contributed by atoms with E-state index in [4.69, 9.17) is 28.9 Å². The maximum Gasteiger partial charge on any atom is 0.407 e. The molecule has 2 fully saturated rings. The number of rotatable bonds is 11. The fourth-order valence-corrected chi connectivity index (χ4v) is 7.73. The van der Waals surface area contributed by atoms with Crippen LogP contribution in [0.1, 0.15) is 57.8 Å².